The summed E-state index contributed by atoms with van der Waals surface area (Å²) in [5.41, 5.74) is 2.39. The number of aryl methyl sites for hydroxylation is 1. The molecular formula is C21H18FNO4. The zero-order chi connectivity index (χ0) is 19.0. The van der Waals surface area contributed by atoms with Crippen LogP contribution in [0.2, 0.25) is 0 Å². The van der Waals surface area contributed by atoms with Gasteiger partial charge in [0.1, 0.15) is 11.6 Å². The summed E-state index contributed by atoms with van der Waals surface area (Å²) >= 11 is 0. The highest BCUT2D eigenvalue weighted by Crippen LogP contribution is 2.35. The summed E-state index contributed by atoms with van der Waals surface area (Å²) in [6, 6.07) is 13.4. The van der Waals surface area contributed by atoms with E-state index in [9.17, 15) is 9.18 Å². The summed E-state index contributed by atoms with van der Waals surface area (Å²) in [5.74, 6) is 1.26. The van der Waals surface area contributed by atoms with Gasteiger partial charge in [0.15, 0.2) is 18.1 Å². The molecule has 0 spiro atoms. The van der Waals surface area contributed by atoms with Gasteiger partial charge in [-0.15, -0.1) is 0 Å². The van der Waals surface area contributed by atoms with Crippen molar-refractivity contribution in [2.75, 3.05) is 13.4 Å². The third-order valence-electron chi connectivity index (χ3n) is 4.54. The van der Waals surface area contributed by atoms with Gasteiger partial charge >= 0.3 is 0 Å². The average molecular weight is 367 g/mol. The Bertz CT molecular complexity index is 1030. The number of carbonyl (C=O) groups is 1. The maximum absolute atomic E-state index is 14.2. The number of hydrogen-bond acceptors (Lipinski definition) is 4. The Labute approximate surface area is 155 Å². The van der Waals surface area contributed by atoms with Crippen molar-refractivity contribution < 1.29 is 23.4 Å². The lowest BCUT2D eigenvalue weighted by molar-refractivity contribution is 0.0920. The van der Waals surface area contributed by atoms with Gasteiger partial charge in [0.25, 0.3) is 0 Å². The van der Waals surface area contributed by atoms with Crippen LogP contribution in [-0.2, 0) is 0 Å². The monoisotopic (exact) mass is 367 g/mol. The molecule has 0 saturated heterocycles. The number of fused-ring (bicyclic) bond motifs is 1. The van der Waals surface area contributed by atoms with E-state index in [4.69, 9.17) is 14.2 Å². The van der Waals surface area contributed by atoms with Crippen molar-refractivity contribution in [2.45, 2.75) is 13.8 Å². The molecule has 4 rings (SSSR count). The summed E-state index contributed by atoms with van der Waals surface area (Å²) in [6.07, 6.45) is 0. The van der Waals surface area contributed by atoms with Gasteiger partial charge in [-0.1, -0.05) is 12.1 Å². The molecular weight excluding hydrogens is 349 g/mol. The Morgan fingerprint density at radius 2 is 1.89 bits per heavy atom. The highest BCUT2D eigenvalue weighted by molar-refractivity contribution is 5.98. The molecule has 5 nitrogen and oxygen atoms in total. The lowest BCUT2D eigenvalue weighted by Crippen LogP contribution is -2.13. The molecule has 0 N–H and O–H groups in total. The van der Waals surface area contributed by atoms with Gasteiger partial charge in [0.05, 0.1) is 5.69 Å². The molecule has 0 amide bonds. The van der Waals surface area contributed by atoms with Crippen LogP contribution in [0.25, 0.3) is 5.69 Å². The van der Waals surface area contributed by atoms with Crippen molar-refractivity contribution in [3.05, 3.63) is 71.3 Å². The molecule has 0 unspecified atom stereocenters. The first-order valence-corrected chi connectivity index (χ1v) is 8.54. The normalized spacial score (nSPS) is 12.3. The minimum atomic E-state index is -0.338. The summed E-state index contributed by atoms with van der Waals surface area (Å²) in [7, 11) is 0. The second kappa shape index (κ2) is 6.79. The van der Waals surface area contributed by atoms with Crippen LogP contribution >= 0.6 is 0 Å². The molecule has 6 heteroatoms. The lowest BCUT2D eigenvalue weighted by Gasteiger charge is -2.11. The molecule has 27 heavy (non-hydrogen) atoms. The highest BCUT2D eigenvalue weighted by atomic mass is 19.1. The van der Waals surface area contributed by atoms with Gasteiger partial charge in [-0.3, -0.25) is 4.79 Å². The van der Waals surface area contributed by atoms with Crippen molar-refractivity contribution >= 4 is 5.78 Å². The average Bonchev–Trinajstić information content (AvgIpc) is 3.24. The number of rotatable bonds is 5. The number of Topliss-reactive ketones (excluding diaryl/α,β-unsaturated/α-hetero) is 1. The number of halogens is 1. The Kier molecular flexibility index (Phi) is 4.32. The number of ether oxygens (including phenoxy) is 3. The standard InChI is InChI=1S/C21H18FNO4/c1-13-9-16(14(2)23(13)18-6-4-3-5-17(18)22)19(24)11-25-15-7-8-20-21(10-15)27-12-26-20/h3-10H,11-12H2,1-2H3. The van der Waals surface area contributed by atoms with Crippen LogP contribution in [0.3, 0.4) is 0 Å². The number of ketones is 1. The van der Waals surface area contributed by atoms with Crippen molar-refractivity contribution in [1.82, 2.24) is 4.57 Å². The fourth-order valence-corrected chi connectivity index (χ4v) is 3.24. The molecule has 0 atom stereocenters. The topological polar surface area (TPSA) is 49.7 Å². The Morgan fingerprint density at radius 1 is 1.11 bits per heavy atom. The van der Waals surface area contributed by atoms with Gasteiger partial charge in [-0.05, 0) is 44.2 Å². The largest absolute Gasteiger partial charge is 0.485 e. The van der Waals surface area contributed by atoms with Crippen molar-refractivity contribution in [1.29, 1.82) is 0 Å². The van der Waals surface area contributed by atoms with E-state index in [1.165, 1.54) is 6.07 Å². The highest BCUT2D eigenvalue weighted by Gasteiger charge is 2.19. The maximum atomic E-state index is 14.2. The van der Waals surface area contributed by atoms with E-state index < -0.39 is 0 Å². The summed E-state index contributed by atoms with van der Waals surface area (Å²) in [6.45, 7) is 3.70. The zero-order valence-corrected chi connectivity index (χ0v) is 15.0. The molecule has 3 aromatic rings. The van der Waals surface area contributed by atoms with E-state index in [0.717, 1.165) is 5.69 Å². The van der Waals surface area contributed by atoms with Gasteiger partial charge in [-0.25, -0.2) is 4.39 Å². The number of hydrogen-bond donors (Lipinski definition) is 0. The zero-order valence-electron chi connectivity index (χ0n) is 15.0. The minimum absolute atomic E-state index is 0.124. The number of nitrogens with zero attached hydrogens (tertiary/aromatic N) is 1. The Balaban J connectivity index is 1.54. The fraction of sp³-hybridized carbons (Fsp3) is 0.190. The van der Waals surface area contributed by atoms with Crippen LogP contribution in [-0.4, -0.2) is 23.8 Å². The van der Waals surface area contributed by atoms with Gasteiger partial charge < -0.3 is 18.8 Å². The lowest BCUT2D eigenvalue weighted by atomic mass is 10.1. The van der Waals surface area contributed by atoms with Crippen molar-refractivity contribution in [3.8, 4) is 22.9 Å². The predicted molar refractivity (Wildman–Crippen MR) is 97.6 cm³/mol. The third kappa shape index (κ3) is 3.14. The van der Waals surface area contributed by atoms with E-state index in [1.54, 1.807) is 54.0 Å². The molecule has 0 fully saturated rings. The van der Waals surface area contributed by atoms with Crippen LogP contribution in [0.15, 0.2) is 48.5 Å². The molecule has 138 valence electrons. The van der Waals surface area contributed by atoms with E-state index in [0.29, 0.717) is 34.2 Å². The number of carbonyl (C=O) groups excluding carboxylic acids is 1. The Morgan fingerprint density at radius 3 is 2.70 bits per heavy atom. The number of aromatic nitrogens is 1. The van der Waals surface area contributed by atoms with E-state index in [-0.39, 0.29) is 25.0 Å². The van der Waals surface area contributed by atoms with Gasteiger partial charge in [-0.2, -0.15) is 0 Å². The van der Waals surface area contributed by atoms with Crippen LogP contribution in [0.4, 0.5) is 4.39 Å². The Hall–Kier alpha value is -3.28. The molecule has 1 aliphatic heterocycles. The SMILES string of the molecule is Cc1cc(C(=O)COc2ccc3c(c2)OCO3)c(C)n1-c1ccccc1F. The smallest absolute Gasteiger partial charge is 0.231 e. The van der Waals surface area contributed by atoms with E-state index >= 15 is 0 Å². The number of para-hydroxylation sites is 1. The van der Waals surface area contributed by atoms with Crippen LogP contribution in [0.5, 0.6) is 17.2 Å². The van der Waals surface area contributed by atoms with Gasteiger partial charge in [0.2, 0.25) is 12.6 Å². The predicted octanol–water partition coefficient (Wildman–Crippen LogP) is 4.22. The first-order chi connectivity index (χ1) is 13.0. The fourth-order valence-electron chi connectivity index (χ4n) is 3.24. The van der Waals surface area contributed by atoms with Crippen LogP contribution in [0.1, 0.15) is 21.7 Å². The number of benzene rings is 2. The summed E-state index contributed by atoms with van der Waals surface area (Å²) in [5, 5.41) is 0. The van der Waals surface area contributed by atoms with Crippen molar-refractivity contribution in [3.63, 3.8) is 0 Å². The molecule has 0 saturated carbocycles. The molecule has 1 aromatic heterocycles. The first kappa shape index (κ1) is 17.1. The first-order valence-electron chi connectivity index (χ1n) is 8.54. The molecule has 2 heterocycles. The third-order valence-corrected chi connectivity index (χ3v) is 4.54. The minimum Gasteiger partial charge on any atom is -0.485 e. The van der Waals surface area contributed by atoms with Crippen molar-refractivity contribution in [2.24, 2.45) is 0 Å². The molecule has 0 radical (unpaired) electrons. The van der Waals surface area contributed by atoms with Crippen LogP contribution in [0, 0.1) is 19.7 Å². The summed E-state index contributed by atoms with van der Waals surface area (Å²) in [4.78, 5) is 12.7. The van der Waals surface area contributed by atoms with E-state index in [2.05, 4.69) is 0 Å². The maximum Gasteiger partial charge on any atom is 0.231 e. The molecule has 1 aliphatic rings. The van der Waals surface area contributed by atoms with Gasteiger partial charge in [0, 0.05) is 23.0 Å². The molecule has 0 bridgehead atoms. The molecule has 2 aromatic carbocycles. The van der Waals surface area contributed by atoms with Crippen LogP contribution < -0.4 is 14.2 Å². The summed E-state index contributed by atoms with van der Waals surface area (Å²) < 4.78 is 32.1. The molecule has 0 aliphatic carbocycles. The van der Waals surface area contributed by atoms with E-state index in [1.807, 2.05) is 6.92 Å². The second-order valence-corrected chi connectivity index (χ2v) is 6.30. The second-order valence-electron chi connectivity index (χ2n) is 6.30. The quantitative estimate of drug-likeness (QED) is 0.634.